The van der Waals surface area contributed by atoms with Crippen LogP contribution in [-0.4, -0.2) is 24.0 Å². The van der Waals surface area contributed by atoms with E-state index in [4.69, 9.17) is 0 Å². The van der Waals surface area contributed by atoms with Crippen molar-refractivity contribution in [1.29, 1.82) is 0 Å². The summed E-state index contributed by atoms with van der Waals surface area (Å²) in [6.45, 7) is 2.60. The summed E-state index contributed by atoms with van der Waals surface area (Å²) in [5.41, 5.74) is 3.02. The molecule has 0 radical (unpaired) electrons. The highest BCUT2D eigenvalue weighted by molar-refractivity contribution is 5.70. The van der Waals surface area contributed by atoms with Crippen molar-refractivity contribution >= 4 is 5.57 Å². The molecule has 1 atom stereocenters. The van der Waals surface area contributed by atoms with Crippen molar-refractivity contribution in [1.82, 2.24) is 4.90 Å². The Morgan fingerprint density at radius 2 is 1.67 bits per heavy atom. The molecule has 0 amide bonds. The zero-order valence-electron chi connectivity index (χ0n) is 11.1. The molecule has 1 heteroatoms. The van der Waals surface area contributed by atoms with Gasteiger partial charge in [0.15, 0.2) is 0 Å². The molecule has 96 valence electrons. The second-order valence-electron chi connectivity index (χ2n) is 5.57. The van der Waals surface area contributed by atoms with Crippen molar-refractivity contribution in [2.75, 3.05) is 13.1 Å². The second-order valence-corrected chi connectivity index (χ2v) is 5.57. The Bertz CT molecular complexity index is 401. The van der Waals surface area contributed by atoms with E-state index in [9.17, 15) is 0 Å². The van der Waals surface area contributed by atoms with Gasteiger partial charge >= 0.3 is 0 Å². The molecule has 0 saturated carbocycles. The highest BCUT2D eigenvalue weighted by Gasteiger charge is 2.26. The normalized spacial score (nSPS) is 25.8. The van der Waals surface area contributed by atoms with Gasteiger partial charge in [-0.3, -0.25) is 4.90 Å². The molecule has 0 N–H and O–H groups in total. The quantitative estimate of drug-likeness (QED) is 0.753. The van der Waals surface area contributed by atoms with Crippen molar-refractivity contribution in [2.45, 2.75) is 44.6 Å². The molecule has 1 aromatic rings. The van der Waals surface area contributed by atoms with E-state index < -0.39 is 0 Å². The number of allylic oxidation sites excluding steroid dienone is 1. The molecule has 1 aromatic carbocycles. The van der Waals surface area contributed by atoms with Crippen LogP contribution in [0.5, 0.6) is 0 Å². The van der Waals surface area contributed by atoms with Gasteiger partial charge in [-0.25, -0.2) is 0 Å². The summed E-state index contributed by atoms with van der Waals surface area (Å²) in [5, 5.41) is 0. The molecule has 0 aromatic heterocycles. The Balaban J connectivity index is 1.83. The summed E-state index contributed by atoms with van der Waals surface area (Å²) in [7, 11) is 0. The van der Waals surface area contributed by atoms with Crippen LogP contribution in [-0.2, 0) is 0 Å². The van der Waals surface area contributed by atoms with E-state index >= 15 is 0 Å². The molecular formula is C17H23N. The smallest absolute Gasteiger partial charge is 0.0350 e. The van der Waals surface area contributed by atoms with Crippen LogP contribution in [0.3, 0.4) is 0 Å². The van der Waals surface area contributed by atoms with E-state index in [2.05, 4.69) is 41.3 Å². The minimum Gasteiger partial charge on any atom is -0.296 e. The summed E-state index contributed by atoms with van der Waals surface area (Å²) in [4.78, 5) is 2.72. The van der Waals surface area contributed by atoms with Gasteiger partial charge in [-0.15, -0.1) is 0 Å². The van der Waals surface area contributed by atoms with E-state index in [1.807, 2.05) is 0 Å². The predicted octanol–water partition coefficient (Wildman–Crippen LogP) is 4.11. The Labute approximate surface area is 111 Å². The lowest BCUT2D eigenvalue weighted by molar-refractivity contribution is 0.185. The largest absolute Gasteiger partial charge is 0.296 e. The predicted molar refractivity (Wildman–Crippen MR) is 77.5 cm³/mol. The fourth-order valence-electron chi connectivity index (χ4n) is 3.41. The number of rotatable bonds is 2. The Hall–Kier alpha value is -1.08. The summed E-state index contributed by atoms with van der Waals surface area (Å²) < 4.78 is 0. The molecule has 0 unspecified atom stereocenters. The van der Waals surface area contributed by atoms with E-state index in [1.54, 1.807) is 5.57 Å². The van der Waals surface area contributed by atoms with Gasteiger partial charge in [0.2, 0.25) is 0 Å². The third-order valence-electron chi connectivity index (χ3n) is 4.34. The lowest BCUT2D eigenvalue weighted by Gasteiger charge is -2.38. The Kier molecular flexibility index (Phi) is 3.80. The van der Waals surface area contributed by atoms with E-state index in [0.717, 1.165) is 0 Å². The number of likely N-dealkylation sites (tertiary alicyclic amines) is 1. The first kappa shape index (κ1) is 12.0. The minimum atomic E-state index is 0.682. The van der Waals surface area contributed by atoms with Crippen LogP contribution in [0.1, 0.15) is 44.1 Å². The van der Waals surface area contributed by atoms with Crippen LogP contribution in [0.25, 0.3) is 5.57 Å². The van der Waals surface area contributed by atoms with Crippen LogP contribution in [0.4, 0.5) is 0 Å². The molecule has 1 saturated heterocycles. The standard InChI is InChI=1S/C17H23N/c1-3-9-15(10-4-1)16-11-5-6-12-17(16)18-13-7-2-8-14-18/h1,3-4,9-11,17H,2,5-8,12-14H2/t17-/m1/s1. The maximum atomic E-state index is 2.72. The zero-order valence-corrected chi connectivity index (χ0v) is 11.1. The molecule has 3 rings (SSSR count). The first-order valence-corrected chi connectivity index (χ1v) is 7.45. The van der Waals surface area contributed by atoms with Gasteiger partial charge in [-0.05, 0) is 56.3 Å². The highest BCUT2D eigenvalue weighted by atomic mass is 15.2. The lowest BCUT2D eigenvalue weighted by atomic mass is 9.87. The number of hydrogen-bond acceptors (Lipinski definition) is 1. The molecule has 0 spiro atoms. The molecule has 1 aliphatic heterocycles. The monoisotopic (exact) mass is 241 g/mol. The first-order valence-electron chi connectivity index (χ1n) is 7.45. The van der Waals surface area contributed by atoms with E-state index in [0.29, 0.717) is 6.04 Å². The van der Waals surface area contributed by atoms with Crippen molar-refractivity contribution < 1.29 is 0 Å². The molecule has 0 bridgehead atoms. The van der Waals surface area contributed by atoms with Gasteiger partial charge < -0.3 is 0 Å². The van der Waals surface area contributed by atoms with Gasteiger partial charge in [0, 0.05) is 6.04 Å². The van der Waals surface area contributed by atoms with Gasteiger partial charge in [-0.2, -0.15) is 0 Å². The molecule has 18 heavy (non-hydrogen) atoms. The summed E-state index contributed by atoms with van der Waals surface area (Å²) in [6.07, 6.45) is 10.6. The van der Waals surface area contributed by atoms with Gasteiger partial charge in [0.25, 0.3) is 0 Å². The van der Waals surface area contributed by atoms with Crippen LogP contribution >= 0.6 is 0 Å². The topological polar surface area (TPSA) is 3.24 Å². The molecule has 1 fully saturated rings. The summed E-state index contributed by atoms with van der Waals surface area (Å²) in [5.74, 6) is 0. The fourth-order valence-corrected chi connectivity index (χ4v) is 3.41. The van der Waals surface area contributed by atoms with Gasteiger partial charge in [0.05, 0.1) is 0 Å². The second kappa shape index (κ2) is 5.71. The first-order chi connectivity index (χ1) is 8.95. The van der Waals surface area contributed by atoms with Crippen molar-refractivity contribution in [3.8, 4) is 0 Å². The van der Waals surface area contributed by atoms with Crippen LogP contribution in [0.2, 0.25) is 0 Å². The average molecular weight is 241 g/mol. The number of piperidine rings is 1. The third-order valence-corrected chi connectivity index (χ3v) is 4.34. The van der Waals surface area contributed by atoms with E-state index in [-0.39, 0.29) is 0 Å². The number of nitrogens with zero attached hydrogens (tertiary/aromatic N) is 1. The zero-order chi connectivity index (χ0) is 12.2. The van der Waals surface area contributed by atoms with E-state index in [1.165, 1.54) is 57.2 Å². The van der Waals surface area contributed by atoms with Crippen molar-refractivity contribution in [3.63, 3.8) is 0 Å². The summed E-state index contributed by atoms with van der Waals surface area (Å²) >= 11 is 0. The van der Waals surface area contributed by atoms with Crippen molar-refractivity contribution in [3.05, 3.63) is 42.0 Å². The minimum absolute atomic E-state index is 0.682. The Morgan fingerprint density at radius 1 is 0.889 bits per heavy atom. The van der Waals surface area contributed by atoms with Crippen LogP contribution in [0, 0.1) is 0 Å². The lowest BCUT2D eigenvalue weighted by Crippen LogP contribution is -2.40. The van der Waals surface area contributed by atoms with Crippen LogP contribution < -0.4 is 0 Å². The van der Waals surface area contributed by atoms with Crippen molar-refractivity contribution in [2.24, 2.45) is 0 Å². The third kappa shape index (κ3) is 2.51. The maximum Gasteiger partial charge on any atom is 0.0350 e. The van der Waals surface area contributed by atoms with Gasteiger partial charge in [-0.1, -0.05) is 42.8 Å². The van der Waals surface area contributed by atoms with Crippen LogP contribution in [0.15, 0.2) is 36.4 Å². The number of hydrogen-bond donors (Lipinski definition) is 0. The fraction of sp³-hybridized carbons (Fsp3) is 0.529. The molecule has 1 heterocycles. The maximum absolute atomic E-state index is 2.72. The SMILES string of the molecule is C1=C(c2ccccc2)[C@H](N2CCCCC2)CCC1. The molecular weight excluding hydrogens is 218 g/mol. The molecule has 1 aliphatic carbocycles. The average Bonchev–Trinajstić information content (AvgIpc) is 2.49. The summed E-state index contributed by atoms with van der Waals surface area (Å²) in [6, 6.07) is 11.7. The highest BCUT2D eigenvalue weighted by Crippen LogP contribution is 2.32. The number of benzene rings is 1. The van der Waals surface area contributed by atoms with Gasteiger partial charge in [0.1, 0.15) is 0 Å². The Morgan fingerprint density at radius 3 is 2.44 bits per heavy atom. The molecule has 2 aliphatic rings. The molecule has 1 nitrogen and oxygen atoms in total.